The maximum atomic E-state index is 9.41. The number of hydrogen-bond acceptors (Lipinski definition) is 6. The van der Waals surface area contributed by atoms with Crippen LogP contribution in [0.15, 0.2) is 42.9 Å². The molecule has 1 saturated heterocycles. The number of benzene rings is 1. The van der Waals surface area contributed by atoms with Crippen molar-refractivity contribution in [2.45, 2.75) is 57.3 Å². The minimum Gasteiger partial charge on any atom is -0.486 e. The summed E-state index contributed by atoms with van der Waals surface area (Å²) in [4.78, 5) is 8.80. The van der Waals surface area contributed by atoms with E-state index < -0.39 is 5.79 Å². The van der Waals surface area contributed by atoms with Crippen molar-refractivity contribution < 1.29 is 14.2 Å². The van der Waals surface area contributed by atoms with Crippen molar-refractivity contribution in [1.29, 1.82) is 5.26 Å². The number of nitriles is 1. The zero-order valence-corrected chi connectivity index (χ0v) is 16.6. The summed E-state index contributed by atoms with van der Waals surface area (Å²) in [5, 5.41) is 10.4. The first-order valence-corrected chi connectivity index (χ1v) is 9.76. The van der Waals surface area contributed by atoms with E-state index >= 15 is 0 Å². The summed E-state index contributed by atoms with van der Waals surface area (Å²) in [6.45, 7) is 5.82. The highest BCUT2D eigenvalue weighted by atomic mass is 16.8. The monoisotopic (exact) mass is 390 g/mol. The SMILES string of the molecule is Cc1ncnc2c1ccn2[C@@H]1C[C@H](Oc2ccccc2C#N)[C@H]2OC(C)(C)O[C@H]21. The predicted molar refractivity (Wildman–Crippen MR) is 105 cm³/mol. The molecule has 0 radical (unpaired) electrons. The first-order chi connectivity index (χ1) is 14.0. The second-order valence-corrected chi connectivity index (χ2v) is 8.05. The van der Waals surface area contributed by atoms with Crippen molar-refractivity contribution in [2.75, 3.05) is 0 Å². The van der Waals surface area contributed by atoms with E-state index in [1.165, 1.54) is 0 Å². The summed E-state index contributed by atoms with van der Waals surface area (Å²) in [6, 6.07) is 11.5. The van der Waals surface area contributed by atoms with Crippen LogP contribution in [-0.2, 0) is 9.47 Å². The minimum absolute atomic E-state index is 0.00724. The van der Waals surface area contributed by atoms with Crippen LogP contribution in [0.3, 0.4) is 0 Å². The third-order valence-corrected chi connectivity index (χ3v) is 5.73. The van der Waals surface area contributed by atoms with Gasteiger partial charge in [-0.05, 0) is 39.0 Å². The van der Waals surface area contributed by atoms with Crippen LogP contribution in [-0.4, -0.2) is 38.6 Å². The highest BCUT2D eigenvalue weighted by molar-refractivity contribution is 5.78. The normalized spacial score (nSPS) is 27.7. The number of para-hydroxylation sites is 1. The third kappa shape index (κ3) is 2.96. The fourth-order valence-corrected chi connectivity index (χ4v) is 4.49. The molecule has 1 aliphatic heterocycles. The number of hydrogen-bond donors (Lipinski definition) is 0. The van der Waals surface area contributed by atoms with Gasteiger partial charge in [0.15, 0.2) is 5.79 Å². The summed E-state index contributed by atoms with van der Waals surface area (Å²) in [5.41, 5.74) is 2.34. The predicted octanol–water partition coefficient (Wildman–Crippen LogP) is 3.52. The Morgan fingerprint density at radius 2 is 1.97 bits per heavy atom. The van der Waals surface area contributed by atoms with Crippen LogP contribution >= 0.6 is 0 Å². The van der Waals surface area contributed by atoms with Crippen molar-refractivity contribution in [3.8, 4) is 11.8 Å². The molecule has 3 aromatic rings. The molecule has 0 N–H and O–H groups in total. The molecule has 4 atom stereocenters. The van der Waals surface area contributed by atoms with Crippen molar-refractivity contribution in [3.63, 3.8) is 0 Å². The molecular weight excluding hydrogens is 368 g/mol. The molecular formula is C22H22N4O3. The van der Waals surface area contributed by atoms with Crippen LogP contribution in [0, 0.1) is 18.3 Å². The van der Waals surface area contributed by atoms with Crippen LogP contribution in [0.5, 0.6) is 5.75 Å². The molecule has 0 unspecified atom stereocenters. The Morgan fingerprint density at radius 3 is 2.79 bits per heavy atom. The number of fused-ring (bicyclic) bond motifs is 2. The zero-order chi connectivity index (χ0) is 20.2. The zero-order valence-electron chi connectivity index (χ0n) is 16.6. The molecule has 2 aromatic heterocycles. The van der Waals surface area contributed by atoms with Gasteiger partial charge in [-0.2, -0.15) is 5.26 Å². The summed E-state index contributed by atoms with van der Waals surface area (Å²) < 4.78 is 20.9. The lowest BCUT2D eigenvalue weighted by Gasteiger charge is -2.25. The Morgan fingerprint density at radius 1 is 1.17 bits per heavy atom. The smallest absolute Gasteiger partial charge is 0.164 e. The molecule has 1 saturated carbocycles. The fourth-order valence-electron chi connectivity index (χ4n) is 4.49. The Bertz CT molecular complexity index is 1120. The molecule has 2 aliphatic rings. The van der Waals surface area contributed by atoms with Crippen molar-refractivity contribution in [3.05, 3.63) is 54.1 Å². The number of aryl methyl sites for hydroxylation is 1. The van der Waals surface area contributed by atoms with Crippen molar-refractivity contribution in [2.24, 2.45) is 0 Å². The number of rotatable bonds is 3. The van der Waals surface area contributed by atoms with E-state index in [2.05, 4.69) is 20.6 Å². The summed E-state index contributed by atoms with van der Waals surface area (Å²) in [6.07, 6.45) is 3.68. The van der Waals surface area contributed by atoms with Gasteiger partial charge in [-0.1, -0.05) is 12.1 Å². The Balaban J connectivity index is 1.52. The van der Waals surface area contributed by atoms with Crippen LogP contribution in [0.4, 0.5) is 0 Å². The van der Waals surface area contributed by atoms with E-state index in [-0.39, 0.29) is 24.4 Å². The van der Waals surface area contributed by atoms with Gasteiger partial charge < -0.3 is 18.8 Å². The van der Waals surface area contributed by atoms with E-state index in [4.69, 9.17) is 14.2 Å². The van der Waals surface area contributed by atoms with E-state index in [1.54, 1.807) is 12.4 Å². The lowest BCUT2D eigenvalue weighted by Crippen LogP contribution is -2.33. The molecule has 0 spiro atoms. The van der Waals surface area contributed by atoms with Crippen molar-refractivity contribution >= 4 is 11.0 Å². The quantitative estimate of drug-likeness (QED) is 0.680. The van der Waals surface area contributed by atoms with E-state index in [9.17, 15) is 5.26 Å². The van der Waals surface area contributed by atoms with Gasteiger partial charge in [0.2, 0.25) is 0 Å². The lowest BCUT2D eigenvalue weighted by atomic mass is 10.2. The van der Waals surface area contributed by atoms with Gasteiger partial charge in [0.1, 0.15) is 42.1 Å². The second-order valence-electron chi connectivity index (χ2n) is 8.05. The Hall–Kier alpha value is -2.95. The molecule has 7 nitrogen and oxygen atoms in total. The van der Waals surface area contributed by atoms with Gasteiger partial charge in [-0.25, -0.2) is 9.97 Å². The average molecular weight is 390 g/mol. The lowest BCUT2D eigenvalue weighted by molar-refractivity contribution is -0.163. The molecule has 7 heteroatoms. The molecule has 5 rings (SSSR count). The Labute approximate surface area is 168 Å². The van der Waals surface area contributed by atoms with E-state index in [0.717, 1.165) is 16.7 Å². The molecule has 0 bridgehead atoms. The second kappa shape index (κ2) is 6.55. The number of ether oxygens (including phenoxy) is 3. The van der Waals surface area contributed by atoms with Gasteiger partial charge in [0.25, 0.3) is 0 Å². The molecule has 1 aromatic carbocycles. The van der Waals surface area contributed by atoms with Crippen LogP contribution in [0.2, 0.25) is 0 Å². The molecule has 1 aliphatic carbocycles. The van der Waals surface area contributed by atoms with Crippen LogP contribution < -0.4 is 4.74 Å². The number of nitrogens with zero attached hydrogens (tertiary/aromatic N) is 4. The third-order valence-electron chi connectivity index (χ3n) is 5.73. The summed E-state index contributed by atoms with van der Waals surface area (Å²) in [5.74, 6) is -0.124. The first kappa shape index (κ1) is 18.1. The fraction of sp³-hybridized carbons (Fsp3) is 0.409. The van der Waals surface area contributed by atoms with E-state index in [1.807, 2.05) is 51.2 Å². The van der Waals surface area contributed by atoms with Gasteiger partial charge in [0.05, 0.1) is 17.3 Å². The standard InChI is InChI=1S/C22H22N4O3/c1-13-15-8-9-26(21(15)25-12-24-13)16-10-18(20-19(16)28-22(2,3)29-20)27-17-7-5-4-6-14(17)11-23/h4-9,12,16,18-20H,10H2,1-3H3/t16-,18+,19+,20-/m1/s1. The molecule has 148 valence electrons. The van der Waals surface area contributed by atoms with Gasteiger partial charge in [0, 0.05) is 18.0 Å². The summed E-state index contributed by atoms with van der Waals surface area (Å²) in [7, 11) is 0. The van der Waals surface area contributed by atoms with E-state index in [0.29, 0.717) is 17.7 Å². The van der Waals surface area contributed by atoms with Gasteiger partial charge in [-0.15, -0.1) is 0 Å². The number of aromatic nitrogens is 3. The maximum absolute atomic E-state index is 9.41. The first-order valence-electron chi connectivity index (χ1n) is 9.76. The maximum Gasteiger partial charge on any atom is 0.164 e. The van der Waals surface area contributed by atoms with Crippen LogP contribution in [0.25, 0.3) is 11.0 Å². The Kier molecular flexibility index (Phi) is 4.09. The van der Waals surface area contributed by atoms with Gasteiger partial charge in [-0.3, -0.25) is 0 Å². The molecule has 2 fully saturated rings. The molecule has 0 amide bonds. The topological polar surface area (TPSA) is 82.2 Å². The largest absolute Gasteiger partial charge is 0.486 e. The molecule has 29 heavy (non-hydrogen) atoms. The minimum atomic E-state index is -0.696. The van der Waals surface area contributed by atoms with Gasteiger partial charge >= 0.3 is 0 Å². The highest BCUT2D eigenvalue weighted by Crippen LogP contribution is 2.46. The van der Waals surface area contributed by atoms with Crippen LogP contribution in [0.1, 0.15) is 37.6 Å². The summed E-state index contributed by atoms with van der Waals surface area (Å²) >= 11 is 0. The molecule has 3 heterocycles. The highest BCUT2D eigenvalue weighted by Gasteiger charge is 2.56. The van der Waals surface area contributed by atoms with Crippen molar-refractivity contribution in [1.82, 2.24) is 14.5 Å². The average Bonchev–Trinajstić information content (AvgIpc) is 3.35.